The molecule has 1 aromatic carbocycles. The Hall–Kier alpha value is -0.790. The van der Waals surface area contributed by atoms with Gasteiger partial charge in [0, 0.05) is 5.02 Å². The van der Waals surface area contributed by atoms with Crippen LogP contribution in [0.2, 0.25) is 5.02 Å². The molecule has 0 amide bonds. The van der Waals surface area contributed by atoms with Gasteiger partial charge < -0.3 is 5.32 Å². The van der Waals surface area contributed by atoms with E-state index in [1.165, 1.54) is 5.56 Å². The van der Waals surface area contributed by atoms with E-state index >= 15 is 0 Å². The molecule has 1 N–H and O–H groups in total. The first-order valence-electron chi connectivity index (χ1n) is 6.28. The van der Waals surface area contributed by atoms with Gasteiger partial charge in [0.15, 0.2) is 0 Å². The summed E-state index contributed by atoms with van der Waals surface area (Å²) in [6.07, 6.45) is 6.55. The van der Waals surface area contributed by atoms with Crippen molar-refractivity contribution in [2.45, 2.75) is 26.7 Å². The number of benzene rings is 1. The number of halogens is 1. The van der Waals surface area contributed by atoms with E-state index < -0.39 is 0 Å². The molecule has 0 radical (unpaired) electrons. The molecular weight excluding hydrogens is 230 g/mol. The molecule has 0 aliphatic carbocycles. The molecule has 0 atom stereocenters. The highest BCUT2D eigenvalue weighted by atomic mass is 35.5. The lowest BCUT2D eigenvalue weighted by Gasteiger charge is -2.04. The Morgan fingerprint density at radius 2 is 1.88 bits per heavy atom. The highest BCUT2D eigenvalue weighted by Crippen LogP contribution is 2.10. The molecule has 0 aliphatic rings. The minimum absolute atomic E-state index is 0.730. The summed E-state index contributed by atoms with van der Waals surface area (Å²) in [4.78, 5) is 0. The van der Waals surface area contributed by atoms with Crippen molar-refractivity contribution in [1.82, 2.24) is 5.32 Å². The minimum Gasteiger partial charge on any atom is -0.316 e. The van der Waals surface area contributed by atoms with E-state index in [2.05, 4.69) is 43.4 Å². The summed E-state index contributed by atoms with van der Waals surface area (Å²) < 4.78 is 0. The molecule has 0 unspecified atom stereocenters. The first kappa shape index (κ1) is 14.3. The lowest BCUT2D eigenvalue weighted by Crippen LogP contribution is -2.20. The summed E-state index contributed by atoms with van der Waals surface area (Å²) >= 11 is 5.83. The predicted molar refractivity (Wildman–Crippen MR) is 76.6 cm³/mol. The normalized spacial score (nSPS) is 11.5. The molecule has 17 heavy (non-hydrogen) atoms. The zero-order valence-electron chi connectivity index (χ0n) is 10.7. The van der Waals surface area contributed by atoms with Crippen LogP contribution >= 0.6 is 11.6 Å². The van der Waals surface area contributed by atoms with Gasteiger partial charge in [-0.2, -0.15) is 0 Å². The molecule has 0 saturated carbocycles. The van der Waals surface area contributed by atoms with Crippen LogP contribution < -0.4 is 5.32 Å². The number of rotatable bonds is 7. The van der Waals surface area contributed by atoms with E-state index in [1.807, 2.05) is 12.1 Å². The maximum Gasteiger partial charge on any atom is 0.0406 e. The fourth-order valence-corrected chi connectivity index (χ4v) is 1.66. The third kappa shape index (κ3) is 7.19. The Kier molecular flexibility index (Phi) is 6.99. The van der Waals surface area contributed by atoms with E-state index in [1.54, 1.807) is 0 Å². The quantitative estimate of drug-likeness (QED) is 0.569. The van der Waals surface area contributed by atoms with Crippen LogP contribution in [0.15, 0.2) is 36.4 Å². The van der Waals surface area contributed by atoms with Crippen molar-refractivity contribution in [2.24, 2.45) is 5.92 Å². The van der Waals surface area contributed by atoms with E-state index in [4.69, 9.17) is 11.6 Å². The van der Waals surface area contributed by atoms with Gasteiger partial charge in [0.2, 0.25) is 0 Å². The van der Waals surface area contributed by atoms with Crippen molar-refractivity contribution in [1.29, 1.82) is 0 Å². The maximum atomic E-state index is 5.83. The Morgan fingerprint density at radius 1 is 1.18 bits per heavy atom. The van der Waals surface area contributed by atoms with Crippen molar-refractivity contribution in [2.75, 3.05) is 13.1 Å². The van der Waals surface area contributed by atoms with Crippen molar-refractivity contribution in [3.05, 3.63) is 47.0 Å². The molecule has 2 heteroatoms. The molecule has 0 bridgehead atoms. The number of hydrogen-bond acceptors (Lipinski definition) is 1. The highest BCUT2D eigenvalue weighted by Gasteiger charge is 1.91. The highest BCUT2D eigenvalue weighted by molar-refractivity contribution is 6.30. The van der Waals surface area contributed by atoms with Crippen LogP contribution in [0.3, 0.4) is 0 Å². The van der Waals surface area contributed by atoms with E-state index in [0.29, 0.717) is 0 Å². The number of hydrogen-bond donors (Lipinski definition) is 1. The lowest BCUT2D eigenvalue weighted by molar-refractivity contribution is 0.556. The van der Waals surface area contributed by atoms with Crippen molar-refractivity contribution < 1.29 is 0 Å². The zero-order valence-corrected chi connectivity index (χ0v) is 11.5. The first-order valence-corrected chi connectivity index (χ1v) is 6.66. The SMILES string of the molecule is CC(C)CNCCC=CCc1ccc(Cl)cc1. The molecule has 0 aliphatic heterocycles. The first-order chi connectivity index (χ1) is 8.18. The fourth-order valence-electron chi connectivity index (χ4n) is 1.53. The van der Waals surface area contributed by atoms with Gasteiger partial charge in [0.1, 0.15) is 0 Å². The monoisotopic (exact) mass is 251 g/mol. The Balaban J connectivity index is 2.11. The van der Waals surface area contributed by atoms with Gasteiger partial charge in [-0.15, -0.1) is 0 Å². The van der Waals surface area contributed by atoms with E-state index in [0.717, 1.165) is 36.9 Å². The van der Waals surface area contributed by atoms with Gasteiger partial charge in [-0.05, 0) is 49.5 Å². The van der Waals surface area contributed by atoms with Crippen LogP contribution in [-0.4, -0.2) is 13.1 Å². The number of nitrogens with one attached hydrogen (secondary N) is 1. The molecule has 1 aromatic rings. The summed E-state index contributed by atoms with van der Waals surface area (Å²) in [5.41, 5.74) is 1.31. The Morgan fingerprint density at radius 3 is 2.53 bits per heavy atom. The molecule has 0 fully saturated rings. The van der Waals surface area contributed by atoms with E-state index in [-0.39, 0.29) is 0 Å². The molecule has 1 rings (SSSR count). The standard InChI is InChI=1S/C15H22ClN/c1-13(2)12-17-11-5-3-4-6-14-7-9-15(16)10-8-14/h3-4,7-10,13,17H,5-6,11-12H2,1-2H3. The summed E-state index contributed by atoms with van der Waals surface area (Å²) in [6, 6.07) is 8.03. The topological polar surface area (TPSA) is 12.0 Å². The summed E-state index contributed by atoms with van der Waals surface area (Å²) in [6.45, 7) is 6.62. The Bertz CT molecular complexity index is 327. The Labute approximate surface area is 110 Å². The van der Waals surface area contributed by atoms with Crippen molar-refractivity contribution >= 4 is 11.6 Å². The summed E-state index contributed by atoms with van der Waals surface area (Å²) in [5, 5.41) is 4.22. The minimum atomic E-state index is 0.730. The lowest BCUT2D eigenvalue weighted by atomic mass is 10.1. The molecule has 0 heterocycles. The third-order valence-corrected chi connectivity index (χ3v) is 2.73. The molecular formula is C15H22ClN. The average Bonchev–Trinajstić information content (AvgIpc) is 2.30. The van der Waals surface area contributed by atoms with Crippen LogP contribution in [0.5, 0.6) is 0 Å². The molecule has 1 nitrogen and oxygen atoms in total. The van der Waals surface area contributed by atoms with Crippen molar-refractivity contribution in [3.8, 4) is 0 Å². The van der Waals surface area contributed by atoms with Crippen LogP contribution in [0.4, 0.5) is 0 Å². The smallest absolute Gasteiger partial charge is 0.0406 e. The largest absolute Gasteiger partial charge is 0.316 e. The van der Waals surface area contributed by atoms with Gasteiger partial charge in [-0.3, -0.25) is 0 Å². The molecule has 0 saturated heterocycles. The van der Waals surface area contributed by atoms with Crippen LogP contribution in [-0.2, 0) is 6.42 Å². The van der Waals surface area contributed by atoms with Gasteiger partial charge in [0.05, 0.1) is 0 Å². The zero-order chi connectivity index (χ0) is 12.5. The predicted octanol–water partition coefficient (Wildman–Crippen LogP) is 4.07. The summed E-state index contributed by atoms with van der Waals surface area (Å²) in [5.74, 6) is 0.730. The van der Waals surface area contributed by atoms with Gasteiger partial charge in [-0.1, -0.05) is 49.7 Å². The van der Waals surface area contributed by atoms with Gasteiger partial charge in [0.25, 0.3) is 0 Å². The number of allylic oxidation sites excluding steroid dienone is 1. The maximum absolute atomic E-state index is 5.83. The summed E-state index contributed by atoms with van der Waals surface area (Å²) in [7, 11) is 0. The van der Waals surface area contributed by atoms with E-state index in [9.17, 15) is 0 Å². The molecule has 94 valence electrons. The average molecular weight is 252 g/mol. The second kappa shape index (κ2) is 8.32. The van der Waals surface area contributed by atoms with Crippen LogP contribution in [0, 0.1) is 5.92 Å². The second-order valence-electron chi connectivity index (χ2n) is 4.69. The molecule has 0 aromatic heterocycles. The fraction of sp³-hybridized carbons (Fsp3) is 0.467. The second-order valence-corrected chi connectivity index (χ2v) is 5.13. The third-order valence-electron chi connectivity index (χ3n) is 2.47. The van der Waals surface area contributed by atoms with Gasteiger partial charge in [-0.25, -0.2) is 0 Å². The van der Waals surface area contributed by atoms with Gasteiger partial charge >= 0.3 is 0 Å². The van der Waals surface area contributed by atoms with Crippen molar-refractivity contribution in [3.63, 3.8) is 0 Å². The van der Waals surface area contributed by atoms with Crippen LogP contribution in [0.1, 0.15) is 25.8 Å². The molecule has 0 spiro atoms. The van der Waals surface area contributed by atoms with Crippen LogP contribution in [0.25, 0.3) is 0 Å².